The zero-order valence-electron chi connectivity index (χ0n) is 16.9. The largest absolute Gasteiger partial charge is 0.444 e. The number of carbonyl (C=O) groups is 1. The number of hydrogen-bond acceptors (Lipinski definition) is 4. The quantitative estimate of drug-likeness (QED) is 0.739. The number of fused-ring (bicyclic) bond motifs is 2. The first-order valence-corrected chi connectivity index (χ1v) is 10.0. The smallest absolute Gasteiger partial charge is 0.407 e. The molecule has 0 aromatic carbocycles. The summed E-state index contributed by atoms with van der Waals surface area (Å²) in [5.74, 6) is 1.80. The minimum Gasteiger partial charge on any atom is -0.444 e. The number of rotatable bonds is 5. The fraction of sp³-hybridized carbons (Fsp3) is 0.857. The Morgan fingerprint density at radius 3 is 2.58 bits per heavy atom. The topological polar surface area (TPSA) is 56.8 Å². The molecule has 0 radical (unpaired) electrons. The monoisotopic (exact) mass is 365 g/mol. The molecule has 148 valence electrons. The molecule has 4 rings (SSSR count). The van der Waals surface area contributed by atoms with Crippen molar-refractivity contribution in [2.75, 3.05) is 13.4 Å². The van der Waals surface area contributed by atoms with Crippen LogP contribution in [0.1, 0.15) is 60.3 Å². The highest BCUT2D eigenvalue weighted by molar-refractivity contribution is 5.68. The Morgan fingerprint density at radius 1 is 1.23 bits per heavy atom. The summed E-state index contributed by atoms with van der Waals surface area (Å²) in [5, 5.41) is 3.21. The van der Waals surface area contributed by atoms with Gasteiger partial charge in [-0.1, -0.05) is 26.0 Å². The van der Waals surface area contributed by atoms with E-state index in [0.717, 1.165) is 18.8 Å². The number of nitrogens with one attached hydrogen (secondary N) is 1. The van der Waals surface area contributed by atoms with Crippen LogP contribution in [0.25, 0.3) is 0 Å². The lowest BCUT2D eigenvalue weighted by Gasteiger charge is -2.62. The van der Waals surface area contributed by atoms with Crippen LogP contribution in [-0.4, -0.2) is 37.2 Å². The highest BCUT2D eigenvalue weighted by atomic mass is 16.7. The molecule has 1 aliphatic heterocycles. The van der Waals surface area contributed by atoms with E-state index in [1.54, 1.807) is 0 Å². The van der Waals surface area contributed by atoms with Gasteiger partial charge in [0.2, 0.25) is 0 Å². The lowest BCUT2D eigenvalue weighted by molar-refractivity contribution is -0.113. The van der Waals surface area contributed by atoms with Gasteiger partial charge >= 0.3 is 6.09 Å². The minimum atomic E-state index is -0.463. The van der Waals surface area contributed by atoms with Crippen molar-refractivity contribution in [2.45, 2.75) is 78.0 Å². The van der Waals surface area contributed by atoms with Gasteiger partial charge in [-0.3, -0.25) is 0 Å². The van der Waals surface area contributed by atoms with E-state index >= 15 is 0 Å². The summed E-state index contributed by atoms with van der Waals surface area (Å²) in [6, 6.07) is 0.195. The van der Waals surface area contributed by atoms with Gasteiger partial charge in [0.25, 0.3) is 0 Å². The Labute approximate surface area is 157 Å². The van der Waals surface area contributed by atoms with Crippen molar-refractivity contribution >= 4 is 6.09 Å². The van der Waals surface area contributed by atoms with Crippen molar-refractivity contribution < 1.29 is 19.0 Å². The molecular weight excluding hydrogens is 330 g/mol. The van der Waals surface area contributed by atoms with Crippen LogP contribution < -0.4 is 5.32 Å². The molecule has 3 saturated carbocycles. The molecule has 2 bridgehead atoms. The van der Waals surface area contributed by atoms with E-state index < -0.39 is 5.60 Å². The predicted molar refractivity (Wildman–Crippen MR) is 101 cm³/mol. The number of hydrogen-bond donors (Lipinski definition) is 1. The van der Waals surface area contributed by atoms with Gasteiger partial charge in [-0.05, 0) is 69.6 Å². The van der Waals surface area contributed by atoms with Crippen LogP contribution in [0.15, 0.2) is 12.2 Å². The SMILES string of the molecule is CC(C)(C)OC(=O)N[C@@H]1[C@@H](C/C=C\CC2COCO2)C[C@@H]2C[C@H]1C2(C)C. The maximum absolute atomic E-state index is 12.4. The van der Waals surface area contributed by atoms with Gasteiger partial charge in [0, 0.05) is 6.04 Å². The summed E-state index contributed by atoms with van der Waals surface area (Å²) in [6.45, 7) is 11.5. The normalized spacial score (nSPS) is 36.0. The lowest BCUT2D eigenvalue weighted by atomic mass is 9.44. The Hall–Kier alpha value is -1.07. The molecule has 0 aromatic heterocycles. The molecule has 4 fully saturated rings. The van der Waals surface area contributed by atoms with Crippen LogP contribution in [0, 0.1) is 23.2 Å². The fourth-order valence-electron chi connectivity index (χ4n) is 4.84. The molecule has 5 nitrogen and oxygen atoms in total. The van der Waals surface area contributed by atoms with Gasteiger partial charge in [-0.25, -0.2) is 4.79 Å². The predicted octanol–water partition coefficient (Wildman–Crippen LogP) is 4.27. The second-order valence-corrected chi connectivity index (χ2v) is 9.75. The average molecular weight is 366 g/mol. The van der Waals surface area contributed by atoms with E-state index in [1.807, 2.05) is 20.8 Å². The third-order valence-electron chi connectivity index (χ3n) is 6.45. The number of allylic oxidation sites excluding steroid dienone is 1. The van der Waals surface area contributed by atoms with Crippen molar-refractivity contribution in [3.05, 3.63) is 12.2 Å². The highest BCUT2D eigenvalue weighted by Crippen LogP contribution is 2.61. The van der Waals surface area contributed by atoms with Gasteiger partial charge in [0.05, 0.1) is 12.7 Å². The van der Waals surface area contributed by atoms with Gasteiger partial charge in [-0.15, -0.1) is 0 Å². The molecule has 3 aliphatic carbocycles. The van der Waals surface area contributed by atoms with E-state index in [0.29, 0.717) is 30.7 Å². The summed E-state index contributed by atoms with van der Waals surface area (Å²) < 4.78 is 16.2. The number of alkyl carbamates (subject to hydrolysis) is 1. The lowest BCUT2D eigenvalue weighted by Crippen LogP contribution is -2.63. The Bertz CT molecular complexity index is 531. The summed E-state index contributed by atoms with van der Waals surface area (Å²) >= 11 is 0. The van der Waals surface area contributed by atoms with Gasteiger partial charge < -0.3 is 19.5 Å². The number of ether oxygens (including phenoxy) is 3. The van der Waals surface area contributed by atoms with Crippen molar-refractivity contribution in [2.24, 2.45) is 23.2 Å². The van der Waals surface area contributed by atoms with E-state index in [1.165, 1.54) is 12.8 Å². The molecule has 1 amide bonds. The Balaban J connectivity index is 1.57. The van der Waals surface area contributed by atoms with Gasteiger partial charge in [0.15, 0.2) is 0 Å². The molecule has 5 atom stereocenters. The third-order valence-corrected chi connectivity index (χ3v) is 6.45. The van der Waals surface area contributed by atoms with Crippen LogP contribution in [0.2, 0.25) is 0 Å². The second kappa shape index (κ2) is 7.51. The van der Waals surface area contributed by atoms with Gasteiger partial charge in [0.1, 0.15) is 12.4 Å². The second-order valence-electron chi connectivity index (χ2n) is 9.75. The standard InChI is InChI=1S/C21H35NO4/c1-20(2,3)26-19(23)22-18-14(10-15-11-17(18)21(15,4)5)8-6-7-9-16-12-24-13-25-16/h6-7,14-18H,8-13H2,1-5H3,(H,22,23)/b7-6-/t14-,15+,16?,17+,18+/m0/s1. The summed E-state index contributed by atoms with van der Waals surface area (Å²) in [4.78, 5) is 12.4. The highest BCUT2D eigenvalue weighted by Gasteiger charge is 2.57. The summed E-state index contributed by atoms with van der Waals surface area (Å²) in [6.07, 6.45) is 8.67. The molecule has 0 aromatic rings. The van der Waals surface area contributed by atoms with Crippen LogP contribution in [0.3, 0.4) is 0 Å². The van der Waals surface area contributed by atoms with E-state index in [4.69, 9.17) is 14.2 Å². The average Bonchev–Trinajstić information content (AvgIpc) is 3.03. The Morgan fingerprint density at radius 2 is 1.96 bits per heavy atom. The molecule has 0 spiro atoms. The zero-order valence-corrected chi connectivity index (χ0v) is 16.9. The molecule has 1 unspecified atom stereocenters. The van der Waals surface area contributed by atoms with Crippen molar-refractivity contribution in [3.8, 4) is 0 Å². The van der Waals surface area contributed by atoms with Crippen LogP contribution in [0.4, 0.5) is 4.79 Å². The van der Waals surface area contributed by atoms with E-state index in [9.17, 15) is 4.79 Å². The zero-order chi connectivity index (χ0) is 18.9. The van der Waals surface area contributed by atoms with E-state index in [-0.39, 0.29) is 18.2 Å². The maximum atomic E-state index is 12.4. The minimum absolute atomic E-state index is 0.195. The summed E-state index contributed by atoms with van der Waals surface area (Å²) in [5.41, 5.74) is -0.149. The van der Waals surface area contributed by atoms with Crippen molar-refractivity contribution in [3.63, 3.8) is 0 Å². The molecule has 1 heterocycles. The first kappa shape index (κ1) is 19.7. The van der Waals surface area contributed by atoms with Crippen molar-refractivity contribution in [1.29, 1.82) is 0 Å². The van der Waals surface area contributed by atoms with Crippen LogP contribution in [0.5, 0.6) is 0 Å². The van der Waals surface area contributed by atoms with E-state index in [2.05, 4.69) is 31.3 Å². The van der Waals surface area contributed by atoms with Crippen LogP contribution in [-0.2, 0) is 14.2 Å². The molecule has 26 heavy (non-hydrogen) atoms. The summed E-state index contributed by atoms with van der Waals surface area (Å²) in [7, 11) is 0. The first-order chi connectivity index (χ1) is 12.2. The van der Waals surface area contributed by atoms with Gasteiger partial charge in [-0.2, -0.15) is 0 Å². The molecule has 5 heteroatoms. The Kier molecular flexibility index (Phi) is 5.69. The maximum Gasteiger partial charge on any atom is 0.407 e. The molecule has 1 N–H and O–H groups in total. The number of carbonyl (C=O) groups excluding carboxylic acids is 1. The third kappa shape index (κ3) is 4.42. The first-order valence-electron chi connectivity index (χ1n) is 10.0. The number of amides is 1. The fourth-order valence-corrected chi connectivity index (χ4v) is 4.84. The molecular formula is C21H35NO4. The van der Waals surface area contributed by atoms with Crippen molar-refractivity contribution in [1.82, 2.24) is 5.32 Å². The molecule has 1 saturated heterocycles. The molecule has 4 aliphatic rings. The van der Waals surface area contributed by atoms with Crippen LogP contribution >= 0.6 is 0 Å².